The Morgan fingerprint density at radius 3 is 2.90 bits per heavy atom. The monoisotopic (exact) mass is 279 g/mol. The molecule has 0 radical (unpaired) electrons. The third kappa shape index (κ3) is 3.50. The first kappa shape index (κ1) is 13.8. The van der Waals surface area contributed by atoms with E-state index in [-0.39, 0.29) is 0 Å². The van der Waals surface area contributed by atoms with Gasteiger partial charge in [-0.15, -0.1) is 0 Å². The summed E-state index contributed by atoms with van der Waals surface area (Å²) in [5.74, 6) is 0. The number of aromatic nitrogens is 2. The van der Waals surface area contributed by atoms with Crippen LogP contribution in [-0.4, -0.2) is 15.6 Å². The Balaban J connectivity index is 1.72. The van der Waals surface area contributed by atoms with E-state index < -0.39 is 0 Å². The van der Waals surface area contributed by atoms with E-state index in [1.807, 2.05) is 12.3 Å². The highest BCUT2D eigenvalue weighted by Crippen LogP contribution is 2.15. The van der Waals surface area contributed by atoms with Gasteiger partial charge in [0.2, 0.25) is 0 Å². The van der Waals surface area contributed by atoms with Crippen molar-refractivity contribution < 1.29 is 0 Å². The van der Waals surface area contributed by atoms with Crippen molar-refractivity contribution in [3.8, 4) is 0 Å². The second kappa shape index (κ2) is 6.10. The lowest BCUT2D eigenvalue weighted by Crippen LogP contribution is -2.21. The zero-order valence-corrected chi connectivity index (χ0v) is 12.6. The number of pyridine rings is 1. The fourth-order valence-electron chi connectivity index (χ4n) is 2.45. The van der Waals surface area contributed by atoms with Crippen LogP contribution in [-0.2, 0) is 13.1 Å². The van der Waals surface area contributed by atoms with Crippen molar-refractivity contribution in [3.05, 3.63) is 66.1 Å². The van der Waals surface area contributed by atoms with Crippen molar-refractivity contribution in [1.29, 1.82) is 0 Å². The van der Waals surface area contributed by atoms with Crippen LogP contribution in [0.15, 0.2) is 55.0 Å². The first-order valence-corrected chi connectivity index (χ1v) is 7.42. The summed E-state index contributed by atoms with van der Waals surface area (Å²) in [6, 6.07) is 13.3. The lowest BCUT2D eigenvalue weighted by atomic mass is 10.1. The maximum Gasteiger partial charge on any atom is 0.0702 e. The van der Waals surface area contributed by atoms with Gasteiger partial charge in [-0.2, -0.15) is 0 Å². The zero-order valence-electron chi connectivity index (χ0n) is 12.6. The van der Waals surface area contributed by atoms with Gasteiger partial charge in [-0.25, -0.2) is 0 Å². The lowest BCUT2D eigenvalue weighted by Gasteiger charge is -2.07. The molecule has 0 spiro atoms. The van der Waals surface area contributed by atoms with Crippen molar-refractivity contribution in [2.24, 2.45) is 0 Å². The van der Waals surface area contributed by atoms with Gasteiger partial charge >= 0.3 is 0 Å². The molecule has 108 valence electrons. The van der Waals surface area contributed by atoms with Crippen LogP contribution >= 0.6 is 0 Å². The van der Waals surface area contributed by atoms with Gasteiger partial charge in [0, 0.05) is 43.1 Å². The first-order valence-electron chi connectivity index (χ1n) is 7.42. The molecule has 3 aromatic rings. The van der Waals surface area contributed by atoms with Gasteiger partial charge in [0.25, 0.3) is 0 Å². The smallest absolute Gasteiger partial charge is 0.0702 e. The molecule has 3 nitrogen and oxygen atoms in total. The van der Waals surface area contributed by atoms with Crippen molar-refractivity contribution in [3.63, 3.8) is 0 Å². The van der Waals surface area contributed by atoms with Crippen LogP contribution < -0.4 is 5.32 Å². The van der Waals surface area contributed by atoms with Crippen molar-refractivity contribution in [1.82, 2.24) is 14.9 Å². The molecular weight excluding hydrogens is 258 g/mol. The molecule has 0 aliphatic heterocycles. The molecule has 1 N–H and O–H groups in total. The molecule has 1 aromatic carbocycles. The number of benzene rings is 1. The first-order chi connectivity index (χ1) is 10.2. The van der Waals surface area contributed by atoms with Crippen LogP contribution in [0.2, 0.25) is 0 Å². The Morgan fingerprint density at radius 2 is 2.05 bits per heavy atom. The van der Waals surface area contributed by atoms with Crippen LogP contribution in [0.5, 0.6) is 0 Å². The largest absolute Gasteiger partial charge is 0.350 e. The molecule has 0 amide bonds. The van der Waals surface area contributed by atoms with E-state index in [2.05, 4.69) is 71.4 Å². The summed E-state index contributed by atoms with van der Waals surface area (Å²) in [5, 5.41) is 4.64. The molecule has 0 saturated carbocycles. The predicted octanol–water partition coefficient (Wildman–Crippen LogP) is 3.58. The number of fused-ring (bicyclic) bond motifs is 1. The Kier molecular flexibility index (Phi) is 4.02. The van der Waals surface area contributed by atoms with Gasteiger partial charge in [0.15, 0.2) is 0 Å². The molecule has 0 saturated heterocycles. The van der Waals surface area contributed by atoms with Gasteiger partial charge in [-0.05, 0) is 35.4 Å². The minimum absolute atomic E-state index is 0.515. The Bertz CT molecular complexity index is 728. The molecule has 0 unspecified atom stereocenters. The van der Waals surface area contributed by atoms with Crippen molar-refractivity contribution >= 4 is 10.9 Å². The van der Waals surface area contributed by atoms with Crippen LogP contribution in [0.3, 0.4) is 0 Å². The number of rotatable bonds is 5. The van der Waals surface area contributed by atoms with Crippen LogP contribution in [0.25, 0.3) is 10.9 Å². The molecular formula is C18H21N3. The topological polar surface area (TPSA) is 29.9 Å². The summed E-state index contributed by atoms with van der Waals surface area (Å²) in [6.45, 7) is 6.15. The van der Waals surface area contributed by atoms with Crippen molar-refractivity contribution in [2.75, 3.05) is 0 Å². The number of hydrogen-bond acceptors (Lipinski definition) is 2. The summed E-state index contributed by atoms with van der Waals surface area (Å²) in [7, 11) is 0. The molecule has 0 atom stereocenters. The quantitative estimate of drug-likeness (QED) is 0.773. The lowest BCUT2D eigenvalue weighted by molar-refractivity contribution is 0.588. The maximum absolute atomic E-state index is 4.36. The van der Waals surface area contributed by atoms with Crippen LogP contribution in [0.4, 0.5) is 0 Å². The fraction of sp³-hybridized carbons (Fsp3) is 0.278. The van der Waals surface area contributed by atoms with Gasteiger partial charge in [0.05, 0.1) is 5.52 Å². The molecule has 0 aliphatic rings. The number of nitrogens with one attached hydrogen (secondary N) is 1. The Hall–Kier alpha value is -2.13. The zero-order chi connectivity index (χ0) is 14.7. The molecule has 0 fully saturated rings. The molecule has 21 heavy (non-hydrogen) atoms. The van der Waals surface area contributed by atoms with E-state index in [1.54, 1.807) is 0 Å². The molecule has 0 bridgehead atoms. The Labute approximate surface area is 125 Å². The average Bonchev–Trinajstić information content (AvgIpc) is 2.92. The second-order valence-electron chi connectivity index (χ2n) is 5.76. The maximum atomic E-state index is 4.36. The van der Waals surface area contributed by atoms with E-state index >= 15 is 0 Å². The minimum atomic E-state index is 0.515. The number of hydrogen-bond donors (Lipinski definition) is 1. The summed E-state index contributed by atoms with van der Waals surface area (Å²) >= 11 is 0. The van der Waals surface area contributed by atoms with Gasteiger partial charge in [0.1, 0.15) is 0 Å². The summed E-state index contributed by atoms with van der Waals surface area (Å²) in [5.41, 5.74) is 3.68. The molecule has 3 heteroatoms. The Morgan fingerprint density at radius 1 is 1.14 bits per heavy atom. The summed E-state index contributed by atoms with van der Waals surface area (Å²) in [6.07, 6.45) is 6.19. The molecule has 2 heterocycles. The second-order valence-corrected chi connectivity index (χ2v) is 5.76. The molecule has 2 aromatic heterocycles. The third-order valence-corrected chi connectivity index (χ3v) is 3.56. The molecule has 0 aliphatic carbocycles. The van der Waals surface area contributed by atoms with Gasteiger partial charge in [-0.1, -0.05) is 26.0 Å². The van der Waals surface area contributed by atoms with Gasteiger partial charge < -0.3 is 9.88 Å². The van der Waals surface area contributed by atoms with E-state index in [0.717, 1.165) is 18.6 Å². The normalized spacial score (nSPS) is 11.4. The highest BCUT2D eigenvalue weighted by molar-refractivity contribution is 5.78. The van der Waals surface area contributed by atoms with Gasteiger partial charge in [-0.3, -0.25) is 4.98 Å². The highest BCUT2D eigenvalue weighted by Gasteiger charge is 2.01. The van der Waals surface area contributed by atoms with E-state index in [9.17, 15) is 0 Å². The predicted molar refractivity (Wildman–Crippen MR) is 87.3 cm³/mol. The minimum Gasteiger partial charge on any atom is -0.350 e. The third-order valence-electron chi connectivity index (χ3n) is 3.56. The number of nitrogens with zero attached hydrogens (tertiary/aromatic N) is 2. The van der Waals surface area contributed by atoms with Crippen LogP contribution in [0.1, 0.15) is 25.0 Å². The summed E-state index contributed by atoms with van der Waals surface area (Å²) in [4.78, 5) is 4.36. The summed E-state index contributed by atoms with van der Waals surface area (Å²) < 4.78 is 2.23. The van der Waals surface area contributed by atoms with E-state index in [4.69, 9.17) is 0 Å². The fourth-order valence-corrected chi connectivity index (χ4v) is 2.45. The molecule has 3 rings (SSSR count). The van der Waals surface area contributed by atoms with Crippen molar-refractivity contribution in [2.45, 2.75) is 33.0 Å². The highest BCUT2D eigenvalue weighted by atomic mass is 14.9. The standard InChI is InChI=1S/C18H21N3/c1-14(2)20-11-16-7-9-21(13-16)12-15-5-6-18-17(10-15)4-3-8-19-18/h3-10,13-14,20H,11-12H2,1-2H3. The van der Waals surface area contributed by atoms with Crippen LogP contribution in [0, 0.1) is 0 Å². The van der Waals surface area contributed by atoms with E-state index in [0.29, 0.717) is 6.04 Å². The average molecular weight is 279 g/mol. The SMILES string of the molecule is CC(C)NCc1ccn(Cc2ccc3ncccc3c2)c1. The van der Waals surface area contributed by atoms with E-state index in [1.165, 1.54) is 16.5 Å².